The molecule has 15 nitrogen and oxygen atoms in total. The molecule has 1 amide bonds. The second-order valence-corrected chi connectivity index (χ2v) is 10.8. The van der Waals surface area contributed by atoms with Gasteiger partial charge in [0.15, 0.2) is 29.4 Å². The zero-order valence-electron chi connectivity index (χ0n) is 25.2. The molecule has 19 heteroatoms. The Labute approximate surface area is 293 Å². The molecule has 1 aliphatic carbocycles. The van der Waals surface area contributed by atoms with Crippen molar-refractivity contribution in [3.8, 4) is 0 Å². The van der Waals surface area contributed by atoms with E-state index in [1.54, 1.807) is 30.3 Å². The summed E-state index contributed by atoms with van der Waals surface area (Å²) < 4.78 is 0.632. The minimum Gasteiger partial charge on any atom is -0.384 e. The molecule has 15 N–H and O–H groups in total. The number of nitrogens with one attached hydrogen (secondary N) is 3. The molecule has 0 fully saturated rings. The van der Waals surface area contributed by atoms with Crippen LogP contribution in [0.15, 0.2) is 45.3 Å². The van der Waals surface area contributed by atoms with Gasteiger partial charge in [-0.05, 0) is 18.9 Å². The van der Waals surface area contributed by atoms with Crippen molar-refractivity contribution in [1.82, 2.24) is 5.32 Å². The van der Waals surface area contributed by atoms with E-state index in [1.807, 2.05) is 0 Å². The van der Waals surface area contributed by atoms with Crippen LogP contribution in [-0.4, -0.2) is 74.6 Å². The third kappa shape index (κ3) is 9.74. The van der Waals surface area contributed by atoms with Crippen molar-refractivity contribution in [3.05, 3.63) is 57.5 Å². The number of fused-ring (bicyclic) bond motifs is 3. The van der Waals surface area contributed by atoms with Gasteiger partial charge in [-0.15, -0.1) is 48.6 Å². The van der Waals surface area contributed by atoms with Gasteiger partial charge in [0.25, 0.3) is 5.91 Å². The highest BCUT2D eigenvalue weighted by Crippen LogP contribution is 2.46. The van der Waals surface area contributed by atoms with Gasteiger partial charge < -0.3 is 50.4 Å². The second kappa shape index (κ2) is 18.6. The van der Waals surface area contributed by atoms with Gasteiger partial charge in [0.1, 0.15) is 0 Å². The van der Waals surface area contributed by atoms with Crippen molar-refractivity contribution in [2.24, 2.45) is 49.4 Å². The summed E-state index contributed by atoms with van der Waals surface area (Å²) in [5.41, 5.74) is 34.5. The fourth-order valence-electron chi connectivity index (χ4n) is 4.77. The van der Waals surface area contributed by atoms with Gasteiger partial charge in [0.05, 0.1) is 38.6 Å². The summed E-state index contributed by atoms with van der Waals surface area (Å²) >= 11 is 1.20. The van der Waals surface area contributed by atoms with Crippen LogP contribution < -0.4 is 50.4 Å². The molecule has 1 aliphatic rings. The molecule has 0 unspecified atom stereocenters. The predicted octanol–water partition coefficient (Wildman–Crippen LogP) is 1.10. The lowest BCUT2D eigenvalue weighted by atomic mass is 9.81. The molecule has 4 rings (SSSR count). The lowest BCUT2D eigenvalue weighted by Crippen LogP contribution is -2.28. The number of rotatable bonds is 14. The van der Waals surface area contributed by atoms with Crippen molar-refractivity contribution < 1.29 is 14.4 Å². The Kier molecular flexibility index (Phi) is 16.0. The molecule has 47 heavy (non-hydrogen) atoms. The molecule has 1 heterocycles. The lowest BCUT2D eigenvalue weighted by Gasteiger charge is -2.25. The Morgan fingerprint density at radius 2 is 1.15 bits per heavy atom. The second-order valence-electron chi connectivity index (χ2n) is 9.79. The standard InChI is InChI=1S/C28H36N12O3S.3ClH/c29-26(30)38-9-3-7-35-20-16-13-17(25(43)37-11-12-40-28(33)34)44-24(16)21(36-8-4-10-39-27(31)32)19-18(20)22(41)14-5-1-2-6-15(14)23(19)42;;;/h1-2,5-6,13,35-36H,3-4,7-12H2,(H,37,43)(H4,29,30,38)(H4,31,32,39)(H4,33,34,40);3*1H. The first-order valence-electron chi connectivity index (χ1n) is 13.8. The molecule has 0 atom stereocenters. The molecular formula is C28H39Cl3N12O3S. The summed E-state index contributed by atoms with van der Waals surface area (Å²) in [5, 5.41) is 10.1. The zero-order chi connectivity index (χ0) is 31.8. The van der Waals surface area contributed by atoms with Crippen LogP contribution >= 0.6 is 48.6 Å². The van der Waals surface area contributed by atoms with Crippen LogP contribution in [0.1, 0.15) is 54.4 Å². The molecule has 1 aromatic heterocycles. The largest absolute Gasteiger partial charge is 0.384 e. The number of anilines is 2. The minimum absolute atomic E-state index is 0. The normalized spacial score (nSPS) is 11.0. The summed E-state index contributed by atoms with van der Waals surface area (Å²) in [6, 6.07) is 8.41. The summed E-state index contributed by atoms with van der Waals surface area (Å²) in [4.78, 5) is 53.5. The number of thiophene rings is 1. The molecule has 0 bridgehead atoms. The summed E-state index contributed by atoms with van der Waals surface area (Å²) in [6.07, 6.45) is 1.08. The van der Waals surface area contributed by atoms with E-state index in [0.29, 0.717) is 76.5 Å². The number of aliphatic imine (C=N–C) groups is 3. The van der Waals surface area contributed by atoms with Crippen LogP contribution in [0.3, 0.4) is 0 Å². The number of guanidine groups is 3. The van der Waals surface area contributed by atoms with Crippen LogP contribution in [0, 0.1) is 0 Å². The van der Waals surface area contributed by atoms with Gasteiger partial charge in [0.2, 0.25) is 0 Å². The molecular weight excluding hydrogens is 691 g/mol. The van der Waals surface area contributed by atoms with Crippen molar-refractivity contribution in [2.75, 3.05) is 49.9 Å². The first-order valence-corrected chi connectivity index (χ1v) is 14.7. The van der Waals surface area contributed by atoms with Gasteiger partial charge in [-0.25, -0.2) is 0 Å². The molecule has 256 valence electrons. The smallest absolute Gasteiger partial charge is 0.261 e. The molecule has 0 spiro atoms. The monoisotopic (exact) mass is 728 g/mol. The fourth-order valence-corrected chi connectivity index (χ4v) is 5.88. The maximum Gasteiger partial charge on any atom is 0.261 e. The first-order chi connectivity index (χ1) is 21.1. The zero-order valence-corrected chi connectivity index (χ0v) is 28.5. The van der Waals surface area contributed by atoms with Crippen LogP contribution in [0.4, 0.5) is 11.4 Å². The molecule has 0 radical (unpaired) electrons. The van der Waals surface area contributed by atoms with E-state index >= 15 is 0 Å². The van der Waals surface area contributed by atoms with Crippen LogP contribution in [0.2, 0.25) is 0 Å². The number of hydrogen-bond donors (Lipinski definition) is 9. The van der Waals surface area contributed by atoms with Crippen LogP contribution in [-0.2, 0) is 0 Å². The highest BCUT2D eigenvalue weighted by atomic mass is 35.5. The Morgan fingerprint density at radius 1 is 0.681 bits per heavy atom. The van der Waals surface area contributed by atoms with Gasteiger partial charge in [-0.1, -0.05) is 24.3 Å². The maximum absolute atomic E-state index is 14.0. The first kappa shape index (κ1) is 40.5. The quantitative estimate of drug-likeness (QED) is 0.0383. The average molecular weight is 730 g/mol. The number of nitrogens with zero attached hydrogens (tertiary/aromatic N) is 3. The van der Waals surface area contributed by atoms with Crippen molar-refractivity contribution in [2.45, 2.75) is 12.8 Å². The van der Waals surface area contributed by atoms with E-state index in [9.17, 15) is 14.4 Å². The predicted molar refractivity (Wildman–Crippen MR) is 197 cm³/mol. The summed E-state index contributed by atoms with van der Waals surface area (Å²) in [5.74, 6) is -1.08. The van der Waals surface area contributed by atoms with Crippen molar-refractivity contribution >= 4 is 105 Å². The Bertz CT molecular complexity index is 1580. The topological polar surface area (TPSA) is 280 Å². The van der Waals surface area contributed by atoms with E-state index in [1.165, 1.54) is 11.3 Å². The number of halogens is 3. The highest BCUT2D eigenvalue weighted by molar-refractivity contribution is 7.21. The van der Waals surface area contributed by atoms with Gasteiger partial charge in [-0.2, -0.15) is 0 Å². The number of amides is 1. The van der Waals surface area contributed by atoms with E-state index in [-0.39, 0.29) is 96.8 Å². The summed E-state index contributed by atoms with van der Waals surface area (Å²) in [6.45, 7) is 1.92. The minimum atomic E-state index is -0.353. The Morgan fingerprint density at radius 3 is 1.66 bits per heavy atom. The van der Waals surface area contributed by atoms with Gasteiger partial charge >= 0.3 is 0 Å². The molecule has 2 aromatic carbocycles. The third-order valence-corrected chi connectivity index (χ3v) is 7.78. The van der Waals surface area contributed by atoms with Crippen molar-refractivity contribution in [3.63, 3.8) is 0 Å². The van der Waals surface area contributed by atoms with Gasteiger partial charge in [0, 0.05) is 49.2 Å². The van der Waals surface area contributed by atoms with E-state index < -0.39 is 0 Å². The molecule has 0 saturated carbocycles. The van der Waals surface area contributed by atoms with E-state index in [2.05, 4.69) is 30.9 Å². The number of nitrogens with two attached hydrogens (primary N) is 6. The lowest BCUT2D eigenvalue weighted by molar-refractivity contribution is 0.0958. The molecule has 0 aliphatic heterocycles. The van der Waals surface area contributed by atoms with Crippen LogP contribution in [0.25, 0.3) is 10.1 Å². The number of benzene rings is 2. The maximum atomic E-state index is 14.0. The van der Waals surface area contributed by atoms with Crippen LogP contribution in [0.5, 0.6) is 0 Å². The average Bonchev–Trinajstić information content (AvgIpc) is 3.43. The fraction of sp³-hybridized carbons (Fsp3) is 0.286. The SMILES string of the molecule is Cl.Cl.Cl.NC(N)=NCCCNc1c2c(c(NCCCN=C(N)N)c3sc(C(=O)NCCN=C(N)N)cc13)C(=O)c1ccccc1C2=O. The third-order valence-electron chi connectivity index (χ3n) is 6.63. The Balaban J connectivity index is 0.00000368. The number of hydrogen-bond acceptors (Lipinski definition) is 9. The van der Waals surface area contributed by atoms with E-state index in [4.69, 9.17) is 34.4 Å². The van der Waals surface area contributed by atoms with Gasteiger partial charge in [-0.3, -0.25) is 29.4 Å². The molecule has 0 saturated heterocycles. The highest BCUT2D eigenvalue weighted by Gasteiger charge is 2.36. The molecule has 3 aromatic rings. The number of carbonyl (C=O) groups is 3. The number of carbonyl (C=O) groups excluding carboxylic acids is 3. The number of ketones is 2. The van der Waals surface area contributed by atoms with E-state index in [0.717, 1.165) is 0 Å². The Hall–Kier alpha value is -4.51. The van der Waals surface area contributed by atoms with Crippen molar-refractivity contribution in [1.29, 1.82) is 0 Å². The summed E-state index contributed by atoms with van der Waals surface area (Å²) in [7, 11) is 0.